The van der Waals surface area contributed by atoms with E-state index in [-0.39, 0.29) is 11.8 Å². The van der Waals surface area contributed by atoms with Gasteiger partial charge >= 0.3 is 0 Å². The van der Waals surface area contributed by atoms with Gasteiger partial charge in [-0.15, -0.1) is 0 Å². The van der Waals surface area contributed by atoms with Crippen molar-refractivity contribution in [2.75, 3.05) is 13.1 Å². The van der Waals surface area contributed by atoms with Crippen molar-refractivity contribution in [3.63, 3.8) is 0 Å². The Labute approximate surface area is 117 Å². The molecule has 1 fully saturated rings. The summed E-state index contributed by atoms with van der Waals surface area (Å²) < 4.78 is 0. The maximum atomic E-state index is 12.3. The number of rotatable bonds is 2. The van der Waals surface area contributed by atoms with Crippen LogP contribution in [0.3, 0.4) is 0 Å². The number of nitrogens with one attached hydrogen (secondary N) is 1. The lowest BCUT2D eigenvalue weighted by Crippen LogP contribution is -2.46. The first-order valence-electron chi connectivity index (χ1n) is 7.02. The molecule has 2 aromatic rings. The molecule has 0 radical (unpaired) electrons. The molecule has 20 heavy (non-hydrogen) atoms. The first-order valence-corrected chi connectivity index (χ1v) is 7.02. The molecule has 3 rings (SSSR count). The molecule has 0 aromatic carbocycles. The van der Waals surface area contributed by atoms with E-state index in [2.05, 4.69) is 9.97 Å². The van der Waals surface area contributed by atoms with Gasteiger partial charge in [0.25, 0.3) is 0 Å². The van der Waals surface area contributed by atoms with E-state index in [0.29, 0.717) is 13.0 Å². The van der Waals surface area contributed by atoms with Crippen molar-refractivity contribution >= 4 is 16.9 Å². The normalized spacial score (nSPS) is 23.2. The average Bonchev–Trinajstić information content (AvgIpc) is 2.85. The number of pyridine rings is 1. The van der Waals surface area contributed by atoms with Crippen molar-refractivity contribution in [3.05, 3.63) is 30.1 Å². The predicted octanol–water partition coefficient (Wildman–Crippen LogP) is 1.33. The number of fused-ring (bicyclic) bond motifs is 1. The van der Waals surface area contributed by atoms with Gasteiger partial charge in [-0.1, -0.05) is 6.92 Å². The molecule has 2 unspecified atom stereocenters. The highest BCUT2D eigenvalue weighted by Crippen LogP contribution is 2.20. The van der Waals surface area contributed by atoms with E-state index in [1.165, 1.54) is 0 Å². The molecule has 0 bridgehead atoms. The Morgan fingerprint density at radius 3 is 3.25 bits per heavy atom. The first kappa shape index (κ1) is 13.1. The summed E-state index contributed by atoms with van der Waals surface area (Å²) >= 11 is 0. The molecule has 2 atom stereocenters. The summed E-state index contributed by atoms with van der Waals surface area (Å²) in [4.78, 5) is 21.4. The van der Waals surface area contributed by atoms with Crippen LogP contribution >= 0.6 is 0 Å². The summed E-state index contributed by atoms with van der Waals surface area (Å²) in [5, 5.41) is 10.9. The monoisotopic (exact) mass is 273 g/mol. The van der Waals surface area contributed by atoms with Crippen LogP contribution in [0, 0.1) is 5.92 Å². The van der Waals surface area contributed by atoms with Crippen molar-refractivity contribution in [1.29, 1.82) is 0 Å². The number of nitrogens with zero attached hydrogens (tertiary/aromatic N) is 2. The van der Waals surface area contributed by atoms with E-state index >= 15 is 0 Å². The Morgan fingerprint density at radius 1 is 1.60 bits per heavy atom. The van der Waals surface area contributed by atoms with E-state index in [0.717, 1.165) is 29.6 Å². The zero-order valence-corrected chi connectivity index (χ0v) is 11.5. The number of amides is 1. The fraction of sp³-hybridized carbons (Fsp3) is 0.467. The number of β-amino-alcohol motifs (C(OH)–C–C–N with tert-alkyl or cyclic N) is 1. The maximum Gasteiger partial charge on any atom is 0.227 e. The maximum absolute atomic E-state index is 12.3. The second kappa shape index (κ2) is 5.25. The van der Waals surface area contributed by atoms with Gasteiger partial charge in [-0.3, -0.25) is 4.79 Å². The molecule has 5 nitrogen and oxygen atoms in total. The SMILES string of the molecule is CC1CCN(C(=O)Cc2c[nH]c3ncccc23)CC1O. The lowest BCUT2D eigenvalue weighted by molar-refractivity contribution is -0.134. The van der Waals surface area contributed by atoms with E-state index < -0.39 is 6.10 Å². The Balaban J connectivity index is 1.73. The van der Waals surface area contributed by atoms with E-state index in [9.17, 15) is 9.90 Å². The van der Waals surface area contributed by atoms with Gasteiger partial charge in [0.2, 0.25) is 5.91 Å². The third-order valence-corrected chi connectivity index (χ3v) is 4.15. The molecule has 1 aliphatic heterocycles. The highest BCUT2D eigenvalue weighted by molar-refractivity contribution is 5.87. The third kappa shape index (κ3) is 2.41. The molecular formula is C15H19N3O2. The summed E-state index contributed by atoms with van der Waals surface area (Å²) in [5.41, 5.74) is 1.77. The third-order valence-electron chi connectivity index (χ3n) is 4.15. The molecular weight excluding hydrogens is 254 g/mol. The number of aromatic amines is 1. The largest absolute Gasteiger partial charge is 0.391 e. The van der Waals surface area contributed by atoms with Crippen LogP contribution in [0.25, 0.3) is 11.0 Å². The molecule has 1 saturated heterocycles. The average molecular weight is 273 g/mol. The van der Waals surface area contributed by atoms with Crippen LogP contribution < -0.4 is 0 Å². The Morgan fingerprint density at radius 2 is 2.45 bits per heavy atom. The second-order valence-corrected chi connectivity index (χ2v) is 5.56. The molecule has 3 heterocycles. The number of aliphatic hydroxyl groups excluding tert-OH is 1. The van der Waals surface area contributed by atoms with Gasteiger partial charge in [0.1, 0.15) is 5.65 Å². The van der Waals surface area contributed by atoms with Crippen LogP contribution in [0.1, 0.15) is 18.9 Å². The molecule has 5 heteroatoms. The molecule has 1 amide bonds. The van der Waals surface area contributed by atoms with Gasteiger partial charge < -0.3 is 15.0 Å². The molecule has 0 saturated carbocycles. The van der Waals surface area contributed by atoms with Gasteiger partial charge in [0, 0.05) is 30.9 Å². The second-order valence-electron chi connectivity index (χ2n) is 5.56. The number of hydrogen-bond acceptors (Lipinski definition) is 3. The summed E-state index contributed by atoms with van der Waals surface area (Å²) in [5.74, 6) is 0.344. The van der Waals surface area contributed by atoms with Gasteiger partial charge in [0.05, 0.1) is 12.5 Å². The molecule has 106 valence electrons. The van der Waals surface area contributed by atoms with Crippen LogP contribution in [0.5, 0.6) is 0 Å². The Kier molecular flexibility index (Phi) is 3.44. The summed E-state index contributed by atoms with van der Waals surface area (Å²) in [6.07, 6.45) is 4.39. The number of carbonyl (C=O) groups excluding carboxylic acids is 1. The van der Waals surface area contributed by atoms with Crippen LogP contribution in [0.2, 0.25) is 0 Å². The highest BCUT2D eigenvalue weighted by Gasteiger charge is 2.27. The predicted molar refractivity (Wildman–Crippen MR) is 76.2 cm³/mol. The van der Waals surface area contributed by atoms with Gasteiger partial charge in [-0.2, -0.15) is 0 Å². The quantitative estimate of drug-likeness (QED) is 0.867. The minimum atomic E-state index is -0.405. The van der Waals surface area contributed by atoms with Crippen molar-refractivity contribution in [3.8, 4) is 0 Å². The van der Waals surface area contributed by atoms with Gasteiger partial charge in [-0.25, -0.2) is 4.98 Å². The van der Waals surface area contributed by atoms with E-state index in [4.69, 9.17) is 0 Å². The van der Waals surface area contributed by atoms with E-state index in [1.54, 1.807) is 11.1 Å². The number of likely N-dealkylation sites (tertiary alicyclic amines) is 1. The molecule has 2 aromatic heterocycles. The number of hydrogen-bond donors (Lipinski definition) is 2. The van der Waals surface area contributed by atoms with E-state index in [1.807, 2.05) is 25.3 Å². The zero-order chi connectivity index (χ0) is 14.1. The smallest absolute Gasteiger partial charge is 0.227 e. The zero-order valence-electron chi connectivity index (χ0n) is 11.5. The van der Waals surface area contributed by atoms with Crippen molar-refractivity contribution < 1.29 is 9.90 Å². The number of piperidine rings is 1. The Bertz CT molecular complexity index is 622. The minimum absolute atomic E-state index is 0.0701. The van der Waals surface area contributed by atoms with Gasteiger partial charge in [0.15, 0.2) is 0 Å². The van der Waals surface area contributed by atoms with Crippen molar-refractivity contribution in [2.45, 2.75) is 25.9 Å². The Hall–Kier alpha value is -1.88. The first-order chi connectivity index (χ1) is 9.65. The van der Waals surface area contributed by atoms with Crippen molar-refractivity contribution in [2.24, 2.45) is 5.92 Å². The van der Waals surface area contributed by atoms with Crippen LogP contribution in [-0.4, -0.2) is 45.1 Å². The standard InChI is InChI=1S/C15H19N3O2/c1-10-4-6-18(9-13(10)19)14(20)7-11-8-17-15-12(11)3-2-5-16-15/h2-3,5,8,10,13,19H,4,6-7,9H2,1H3,(H,16,17). The number of aromatic nitrogens is 2. The van der Waals surface area contributed by atoms with Crippen molar-refractivity contribution in [1.82, 2.24) is 14.9 Å². The lowest BCUT2D eigenvalue weighted by atomic mass is 9.95. The lowest BCUT2D eigenvalue weighted by Gasteiger charge is -2.34. The summed E-state index contributed by atoms with van der Waals surface area (Å²) in [6, 6.07) is 3.84. The van der Waals surface area contributed by atoms with Crippen LogP contribution in [-0.2, 0) is 11.2 Å². The molecule has 2 N–H and O–H groups in total. The van der Waals surface area contributed by atoms with Gasteiger partial charge in [-0.05, 0) is 30.0 Å². The number of aliphatic hydroxyl groups is 1. The molecule has 0 spiro atoms. The molecule has 1 aliphatic rings. The topological polar surface area (TPSA) is 69.2 Å². The fourth-order valence-electron chi connectivity index (χ4n) is 2.71. The van der Waals surface area contributed by atoms with Crippen LogP contribution in [0.4, 0.5) is 0 Å². The fourth-order valence-corrected chi connectivity index (χ4v) is 2.71. The highest BCUT2D eigenvalue weighted by atomic mass is 16.3. The number of carbonyl (C=O) groups is 1. The van der Waals surface area contributed by atoms with Crippen LogP contribution in [0.15, 0.2) is 24.5 Å². The summed E-state index contributed by atoms with van der Waals surface area (Å²) in [7, 11) is 0. The molecule has 0 aliphatic carbocycles. The minimum Gasteiger partial charge on any atom is -0.391 e. The number of H-pyrrole nitrogens is 1. The summed E-state index contributed by atoms with van der Waals surface area (Å²) in [6.45, 7) is 3.20.